The zero-order valence-electron chi connectivity index (χ0n) is 11.2. The van der Waals surface area contributed by atoms with Crippen molar-refractivity contribution in [3.05, 3.63) is 28.8 Å². The molecule has 2 N–H and O–H groups in total. The third-order valence-corrected chi connectivity index (χ3v) is 4.19. The smallest absolute Gasteiger partial charge is 0.0410 e. The van der Waals surface area contributed by atoms with E-state index in [1.807, 2.05) is 6.07 Å². The summed E-state index contributed by atoms with van der Waals surface area (Å²) in [5.41, 5.74) is 8.28. The summed E-state index contributed by atoms with van der Waals surface area (Å²) in [6.45, 7) is 0.672. The van der Waals surface area contributed by atoms with Crippen LogP contribution in [0, 0.1) is 0 Å². The topological polar surface area (TPSA) is 29.3 Å². The first-order valence-corrected chi connectivity index (χ1v) is 7.31. The van der Waals surface area contributed by atoms with Gasteiger partial charge in [-0.15, -0.1) is 0 Å². The van der Waals surface area contributed by atoms with Gasteiger partial charge in [-0.25, -0.2) is 0 Å². The van der Waals surface area contributed by atoms with E-state index in [-0.39, 0.29) is 0 Å². The van der Waals surface area contributed by atoms with Crippen molar-refractivity contribution >= 4 is 17.3 Å². The summed E-state index contributed by atoms with van der Waals surface area (Å²) >= 11 is 6.08. The van der Waals surface area contributed by atoms with Crippen molar-refractivity contribution in [3.63, 3.8) is 0 Å². The summed E-state index contributed by atoms with van der Waals surface area (Å²) in [5, 5.41) is 0.805. The standard InChI is InChI=1S/C15H23ClN2/c1-18(14-5-3-2-4-6-14)15-8-7-13(16)11-12(15)9-10-17/h7-8,11,14H,2-6,9-10,17H2,1H3. The first kappa shape index (κ1) is 13.7. The van der Waals surface area contributed by atoms with Crippen molar-refractivity contribution in [2.75, 3.05) is 18.5 Å². The van der Waals surface area contributed by atoms with E-state index >= 15 is 0 Å². The molecule has 1 aromatic carbocycles. The van der Waals surface area contributed by atoms with Crippen LogP contribution in [0.4, 0.5) is 5.69 Å². The van der Waals surface area contributed by atoms with Gasteiger partial charge in [-0.05, 0) is 49.6 Å². The highest BCUT2D eigenvalue weighted by Crippen LogP contribution is 2.30. The van der Waals surface area contributed by atoms with Crippen molar-refractivity contribution in [3.8, 4) is 0 Å². The molecule has 0 heterocycles. The monoisotopic (exact) mass is 266 g/mol. The van der Waals surface area contributed by atoms with Crippen LogP contribution < -0.4 is 10.6 Å². The predicted octanol–water partition coefficient (Wildman–Crippen LogP) is 3.61. The molecule has 0 bridgehead atoms. The normalized spacial score (nSPS) is 16.8. The Labute approximate surface area is 115 Å². The van der Waals surface area contributed by atoms with Crippen LogP contribution in [0.25, 0.3) is 0 Å². The number of halogens is 1. The number of anilines is 1. The summed E-state index contributed by atoms with van der Waals surface area (Å²) in [6.07, 6.45) is 7.61. The summed E-state index contributed by atoms with van der Waals surface area (Å²) in [6, 6.07) is 6.86. The van der Waals surface area contributed by atoms with Crippen molar-refractivity contribution in [2.45, 2.75) is 44.6 Å². The molecule has 1 fully saturated rings. The van der Waals surface area contributed by atoms with Crippen LogP contribution >= 0.6 is 11.6 Å². The van der Waals surface area contributed by atoms with Gasteiger partial charge in [0, 0.05) is 23.8 Å². The van der Waals surface area contributed by atoms with Gasteiger partial charge >= 0.3 is 0 Å². The molecule has 0 saturated heterocycles. The highest BCUT2D eigenvalue weighted by Gasteiger charge is 2.20. The van der Waals surface area contributed by atoms with Gasteiger partial charge in [0.25, 0.3) is 0 Å². The second kappa shape index (κ2) is 6.44. The van der Waals surface area contributed by atoms with Crippen molar-refractivity contribution in [1.82, 2.24) is 0 Å². The fraction of sp³-hybridized carbons (Fsp3) is 0.600. The van der Waals surface area contributed by atoms with Crippen LogP contribution in [0.2, 0.25) is 5.02 Å². The summed E-state index contributed by atoms with van der Waals surface area (Å²) < 4.78 is 0. The predicted molar refractivity (Wildman–Crippen MR) is 79.5 cm³/mol. The number of benzene rings is 1. The molecule has 1 aliphatic carbocycles. The van der Waals surface area contributed by atoms with E-state index in [1.54, 1.807) is 0 Å². The number of rotatable bonds is 4. The van der Waals surface area contributed by atoms with E-state index in [2.05, 4.69) is 24.1 Å². The van der Waals surface area contributed by atoms with Crippen LogP contribution in [0.3, 0.4) is 0 Å². The Hall–Kier alpha value is -0.730. The van der Waals surface area contributed by atoms with Crippen LogP contribution in [0.5, 0.6) is 0 Å². The second-order valence-electron chi connectivity index (χ2n) is 5.21. The molecular weight excluding hydrogens is 244 g/mol. The van der Waals surface area contributed by atoms with Crippen molar-refractivity contribution < 1.29 is 0 Å². The molecule has 0 spiro atoms. The zero-order chi connectivity index (χ0) is 13.0. The minimum Gasteiger partial charge on any atom is -0.371 e. The molecule has 0 atom stereocenters. The molecule has 2 nitrogen and oxygen atoms in total. The lowest BCUT2D eigenvalue weighted by atomic mass is 9.93. The van der Waals surface area contributed by atoms with Crippen molar-refractivity contribution in [1.29, 1.82) is 0 Å². The largest absolute Gasteiger partial charge is 0.371 e. The molecule has 2 rings (SSSR count). The van der Waals surface area contributed by atoms with Crippen LogP contribution in [-0.4, -0.2) is 19.6 Å². The van der Waals surface area contributed by atoms with E-state index in [4.69, 9.17) is 17.3 Å². The van der Waals surface area contributed by atoms with Gasteiger partial charge < -0.3 is 10.6 Å². The Balaban J connectivity index is 2.19. The number of nitrogens with zero attached hydrogens (tertiary/aromatic N) is 1. The number of nitrogens with two attached hydrogens (primary N) is 1. The van der Waals surface area contributed by atoms with Gasteiger partial charge in [-0.1, -0.05) is 30.9 Å². The molecule has 0 unspecified atom stereocenters. The summed E-state index contributed by atoms with van der Waals surface area (Å²) in [4.78, 5) is 2.43. The third-order valence-electron chi connectivity index (χ3n) is 3.96. The summed E-state index contributed by atoms with van der Waals surface area (Å²) in [7, 11) is 2.21. The van der Waals surface area contributed by atoms with Gasteiger partial charge in [-0.3, -0.25) is 0 Å². The minimum absolute atomic E-state index is 0.672. The quantitative estimate of drug-likeness (QED) is 0.902. The maximum Gasteiger partial charge on any atom is 0.0410 e. The lowest BCUT2D eigenvalue weighted by molar-refractivity contribution is 0.427. The molecule has 18 heavy (non-hydrogen) atoms. The van der Waals surface area contributed by atoms with Crippen LogP contribution in [0.15, 0.2) is 18.2 Å². The van der Waals surface area contributed by atoms with Crippen LogP contribution in [-0.2, 0) is 6.42 Å². The zero-order valence-corrected chi connectivity index (χ0v) is 11.9. The van der Waals surface area contributed by atoms with Gasteiger partial charge in [0.05, 0.1) is 0 Å². The third kappa shape index (κ3) is 3.18. The number of hydrogen-bond donors (Lipinski definition) is 1. The first-order valence-electron chi connectivity index (χ1n) is 6.93. The Morgan fingerprint density at radius 3 is 2.67 bits per heavy atom. The molecule has 0 aromatic heterocycles. The highest BCUT2D eigenvalue weighted by molar-refractivity contribution is 6.30. The first-order chi connectivity index (χ1) is 8.72. The van der Waals surface area contributed by atoms with Gasteiger partial charge in [0.1, 0.15) is 0 Å². The van der Waals surface area contributed by atoms with Gasteiger partial charge in [0.15, 0.2) is 0 Å². The molecule has 0 amide bonds. The maximum absolute atomic E-state index is 6.08. The van der Waals surface area contributed by atoms with Crippen LogP contribution in [0.1, 0.15) is 37.7 Å². The van der Waals surface area contributed by atoms with Gasteiger partial charge in [0.2, 0.25) is 0 Å². The van der Waals surface area contributed by atoms with E-state index in [9.17, 15) is 0 Å². The molecule has 1 aromatic rings. The molecule has 1 aliphatic rings. The fourth-order valence-electron chi connectivity index (χ4n) is 2.92. The molecule has 100 valence electrons. The molecule has 1 saturated carbocycles. The van der Waals surface area contributed by atoms with E-state index in [0.717, 1.165) is 11.4 Å². The molecule has 0 aliphatic heterocycles. The lowest BCUT2D eigenvalue weighted by Crippen LogP contribution is -2.34. The molecule has 0 radical (unpaired) electrons. The second-order valence-corrected chi connectivity index (χ2v) is 5.65. The highest BCUT2D eigenvalue weighted by atomic mass is 35.5. The Morgan fingerprint density at radius 1 is 1.28 bits per heavy atom. The average Bonchev–Trinajstić information content (AvgIpc) is 2.40. The van der Waals surface area contributed by atoms with E-state index < -0.39 is 0 Å². The molecular formula is C15H23ClN2. The SMILES string of the molecule is CN(c1ccc(Cl)cc1CCN)C1CCCCC1. The summed E-state index contributed by atoms with van der Waals surface area (Å²) in [5.74, 6) is 0. The lowest BCUT2D eigenvalue weighted by Gasteiger charge is -2.34. The van der Waals surface area contributed by atoms with E-state index in [1.165, 1.54) is 43.4 Å². The van der Waals surface area contributed by atoms with E-state index in [0.29, 0.717) is 12.6 Å². The van der Waals surface area contributed by atoms with Crippen molar-refractivity contribution in [2.24, 2.45) is 5.73 Å². The molecule has 3 heteroatoms. The Kier molecular flexibility index (Phi) is 4.90. The average molecular weight is 267 g/mol. The van der Waals surface area contributed by atoms with Gasteiger partial charge in [-0.2, -0.15) is 0 Å². The minimum atomic E-state index is 0.672. The maximum atomic E-state index is 6.08. The Bertz CT molecular complexity index is 386. The number of hydrogen-bond acceptors (Lipinski definition) is 2. The fourth-order valence-corrected chi connectivity index (χ4v) is 3.11. The Morgan fingerprint density at radius 2 is 2.00 bits per heavy atom.